The number of amides is 2. The number of nitrogens with zero attached hydrogens (tertiary/aromatic N) is 4. The van der Waals surface area contributed by atoms with Gasteiger partial charge >= 0.3 is 12.0 Å². The summed E-state index contributed by atoms with van der Waals surface area (Å²) in [6.45, 7) is 0.610. The molecule has 88 valence electrons. The second kappa shape index (κ2) is 5.90. The lowest BCUT2D eigenvalue weighted by Crippen LogP contribution is -2.32. The number of hydrogen-bond acceptors (Lipinski definition) is 6. The van der Waals surface area contributed by atoms with Gasteiger partial charge in [0.2, 0.25) is 5.16 Å². The molecule has 0 spiro atoms. The Morgan fingerprint density at radius 2 is 2.31 bits per heavy atom. The molecule has 9 nitrogen and oxygen atoms in total. The first-order valence-electron chi connectivity index (χ1n) is 4.23. The first kappa shape index (κ1) is 12.2. The quantitative estimate of drug-likeness (QED) is 0.520. The molecule has 0 saturated heterocycles. The molecule has 0 aliphatic rings. The summed E-state index contributed by atoms with van der Waals surface area (Å²) in [6, 6.07) is -0.632. The minimum absolute atomic E-state index is 0.121. The molecule has 0 saturated carbocycles. The lowest BCUT2D eigenvalue weighted by molar-refractivity contribution is -0.133. The van der Waals surface area contributed by atoms with Gasteiger partial charge in [0, 0.05) is 6.54 Å². The largest absolute Gasteiger partial charge is 0.481 e. The van der Waals surface area contributed by atoms with E-state index in [-0.39, 0.29) is 12.3 Å². The fourth-order valence-electron chi connectivity index (χ4n) is 0.851. The molecule has 0 fully saturated rings. The fraction of sp³-hybridized carbons (Fsp3) is 0.500. The van der Waals surface area contributed by atoms with Gasteiger partial charge in [-0.2, -0.15) is 0 Å². The van der Waals surface area contributed by atoms with E-state index in [9.17, 15) is 9.59 Å². The zero-order chi connectivity index (χ0) is 12.0. The Morgan fingerprint density at radius 1 is 1.56 bits per heavy atom. The second-order valence-corrected chi connectivity index (χ2v) is 3.60. The minimum Gasteiger partial charge on any atom is -0.481 e. The van der Waals surface area contributed by atoms with Crippen LogP contribution < -0.4 is 11.1 Å². The lowest BCUT2D eigenvalue weighted by atomic mass is 10.6. The van der Waals surface area contributed by atoms with Gasteiger partial charge in [0.25, 0.3) is 0 Å². The van der Waals surface area contributed by atoms with E-state index in [2.05, 4.69) is 20.8 Å². The number of nitrogens with two attached hydrogens (primary N) is 1. The summed E-state index contributed by atoms with van der Waals surface area (Å²) in [5.41, 5.74) is 4.87. The Labute approximate surface area is 94.4 Å². The predicted molar refractivity (Wildman–Crippen MR) is 53.8 cm³/mol. The maximum absolute atomic E-state index is 10.4. The Bertz CT molecular complexity index is 380. The molecule has 1 rings (SSSR count). The molecule has 4 N–H and O–H groups in total. The monoisotopic (exact) mass is 246 g/mol. The highest BCUT2D eigenvalue weighted by atomic mass is 32.2. The van der Waals surface area contributed by atoms with E-state index in [1.165, 1.54) is 4.68 Å². The molecular formula is C6H10N6O3S. The van der Waals surface area contributed by atoms with E-state index in [4.69, 9.17) is 10.8 Å². The van der Waals surface area contributed by atoms with Crippen molar-refractivity contribution < 1.29 is 14.7 Å². The van der Waals surface area contributed by atoms with E-state index >= 15 is 0 Å². The first-order valence-corrected chi connectivity index (χ1v) is 5.22. The van der Waals surface area contributed by atoms with Crippen LogP contribution in [-0.4, -0.2) is 49.6 Å². The molecule has 0 radical (unpaired) electrons. The summed E-state index contributed by atoms with van der Waals surface area (Å²) in [7, 11) is 0. The summed E-state index contributed by atoms with van der Waals surface area (Å²) in [5.74, 6) is -1.07. The number of carboxylic acids is 1. The molecule has 0 aromatic carbocycles. The van der Waals surface area contributed by atoms with Gasteiger partial charge in [0.05, 0.1) is 12.3 Å². The van der Waals surface area contributed by atoms with Gasteiger partial charge < -0.3 is 16.2 Å². The van der Waals surface area contributed by atoms with Crippen molar-refractivity contribution in [3.8, 4) is 0 Å². The molecular weight excluding hydrogens is 236 g/mol. The molecule has 16 heavy (non-hydrogen) atoms. The summed E-state index contributed by atoms with van der Waals surface area (Å²) in [5, 5.41) is 21.9. The topological polar surface area (TPSA) is 136 Å². The smallest absolute Gasteiger partial charge is 0.313 e. The van der Waals surface area contributed by atoms with Gasteiger partial charge in [-0.1, -0.05) is 11.8 Å². The predicted octanol–water partition coefficient (Wildman–Crippen LogP) is -1.48. The van der Waals surface area contributed by atoms with E-state index in [1.807, 2.05) is 0 Å². The van der Waals surface area contributed by atoms with E-state index in [1.54, 1.807) is 0 Å². The third kappa shape index (κ3) is 4.13. The Morgan fingerprint density at radius 3 is 2.94 bits per heavy atom. The molecule has 1 aromatic heterocycles. The van der Waals surface area contributed by atoms with Gasteiger partial charge in [-0.3, -0.25) is 4.79 Å². The number of aliphatic carboxylic acids is 1. The van der Waals surface area contributed by atoms with Crippen molar-refractivity contribution in [2.75, 3.05) is 12.3 Å². The third-order valence-electron chi connectivity index (χ3n) is 1.45. The molecule has 10 heteroatoms. The van der Waals surface area contributed by atoms with Crippen molar-refractivity contribution in [3.05, 3.63) is 0 Å². The highest BCUT2D eigenvalue weighted by molar-refractivity contribution is 7.99. The van der Waals surface area contributed by atoms with Crippen LogP contribution in [0.2, 0.25) is 0 Å². The maximum atomic E-state index is 10.4. The van der Waals surface area contributed by atoms with Gasteiger partial charge in [-0.25, -0.2) is 9.48 Å². The Balaban J connectivity index is 2.43. The number of aromatic nitrogens is 4. The second-order valence-electron chi connectivity index (χ2n) is 2.66. The van der Waals surface area contributed by atoms with Gasteiger partial charge in [-0.15, -0.1) is 5.10 Å². The summed E-state index contributed by atoms with van der Waals surface area (Å²) in [4.78, 5) is 20.7. The summed E-state index contributed by atoms with van der Waals surface area (Å²) < 4.78 is 1.39. The van der Waals surface area contributed by atoms with Gasteiger partial charge in [0.1, 0.15) is 0 Å². The average molecular weight is 246 g/mol. The molecule has 2 amide bonds. The van der Waals surface area contributed by atoms with Gasteiger partial charge in [-0.05, 0) is 10.4 Å². The van der Waals surface area contributed by atoms with Crippen molar-refractivity contribution in [2.24, 2.45) is 5.73 Å². The SMILES string of the molecule is NC(=O)NCCn1nnnc1SCC(=O)O. The van der Waals surface area contributed by atoms with Crippen LogP contribution in [0.3, 0.4) is 0 Å². The van der Waals surface area contributed by atoms with Crippen molar-refractivity contribution in [2.45, 2.75) is 11.7 Å². The number of carbonyl (C=O) groups excluding carboxylic acids is 1. The zero-order valence-electron chi connectivity index (χ0n) is 8.16. The first-order chi connectivity index (χ1) is 7.59. The molecule has 1 aromatic rings. The van der Waals surface area contributed by atoms with Crippen LogP contribution in [0.5, 0.6) is 0 Å². The number of thioether (sulfide) groups is 1. The standard InChI is InChI=1S/C6H10N6O3S/c7-5(15)8-1-2-12-6(9-10-11-12)16-3-4(13)14/h1-3H2,(H,13,14)(H3,7,8,15). The number of hydrogen-bond donors (Lipinski definition) is 3. The molecule has 0 unspecified atom stereocenters. The van der Waals surface area contributed by atoms with Crippen LogP contribution >= 0.6 is 11.8 Å². The molecule has 1 heterocycles. The van der Waals surface area contributed by atoms with Gasteiger partial charge in [0.15, 0.2) is 0 Å². The Kier molecular flexibility index (Phi) is 4.51. The summed E-state index contributed by atoms with van der Waals surface area (Å²) in [6.07, 6.45) is 0. The lowest BCUT2D eigenvalue weighted by Gasteiger charge is -2.03. The normalized spacial score (nSPS) is 10.0. The molecule has 0 bridgehead atoms. The number of urea groups is 1. The van der Waals surface area contributed by atoms with Crippen LogP contribution in [0.25, 0.3) is 0 Å². The van der Waals surface area contributed by atoms with Crippen LogP contribution in [0.15, 0.2) is 5.16 Å². The highest BCUT2D eigenvalue weighted by Crippen LogP contribution is 2.12. The van der Waals surface area contributed by atoms with Crippen LogP contribution in [-0.2, 0) is 11.3 Å². The molecule has 0 aliphatic carbocycles. The fourth-order valence-corrected chi connectivity index (χ4v) is 1.48. The van der Waals surface area contributed by atoms with Crippen LogP contribution in [0.1, 0.15) is 0 Å². The Hall–Kier alpha value is -1.84. The molecule has 0 aliphatic heterocycles. The van der Waals surface area contributed by atoms with E-state index in [0.29, 0.717) is 11.7 Å². The summed E-state index contributed by atoms with van der Waals surface area (Å²) >= 11 is 1.00. The average Bonchev–Trinajstić information content (AvgIpc) is 2.62. The number of nitrogens with one attached hydrogen (secondary N) is 1. The number of rotatable bonds is 6. The highest BCUT2D eigenvalue weighted by Gasteiger charge is 2.08. The number of carbonyl (C=O) groups is 2. The molecule has 0 atom stereocenters. The van der Waals surface area contributed by atoms with E-state index < -0.39 is 12.0 Å². The number of tetrazole rings is 1. The van der Waals surface area contributed by atoms with Crippen LogP contribution in [0.4, 0.5) is 4.79 Å². The van der Waals surface area contributed by atoms with Crippen LogP contribution in [0, 0.1) is 0 Å². The van der Waals surface area contributed by atoms with Crippen molar-refractivity contribution in [3.63, 3.8) is 0 Å². The van der Waals surface area contributed by atoms with Crippen molar-refractivity contribution in [1.82, 2.24) is 25.5 Å². The number of primary amides is 1. The zero-order valence-corrected chi connectivity index (χ0v) is 8.98. The number of carboxylic acid groups (broad SMARTS) is 1. The third-order valence-corrected chi connectivity index (χ3v) is 2.39. The minimum atomic E-state index is -0.949. The maximum Gasteiger partial charge on any atom is 0.313 e. The van der Waals surface area contributed by atoms with Crippen molar-refractivity contribution in [1.29, 1.82) is 0 Å². The van der Waals surface area contributed by atoms with E-state index in [0.717, 1.165) is 11.8 Å². The van der Waals surface area contributed by atoms with Crippen molar-refractivity contribution >= 4 is 23.8 Å².